The number of nitrogens with one attached hydrogen (secondary N) is 1. The van der Waals surface area contributed by atoms with E-state index >= 15 is 0 Å². The molecule has 1 aromatic heterocycles. The zero-order chi connectivity index (χ0) is 20.3. The van der Waals surface area contributed by atoms with Crippen molar-refractivity contribution in [3.05, 3.63) is 48.0 Å². The number of aromatic nitrogens is 1. The molecule has 0 amide bonds. The molecule has 1 N–H and O–H groups in total. The largest absolute Gasteiger partial charge is 0.497 e. The van der Waals surface area contributed by atoms with Crippen molar-refractivity contribution in [2.45, 2.75) is 39.0 Å². The second-order valence-electron chi connectivity index (χ2n) is 6.90. The Morgan fingerprint density at radius 3 is 2.50 bits per heavy atom. The summed E-state index contributed by atoms with van der Waals surface area (Å²) in [6.07, 6.45) is 0.950. The average molecular weight is 396 g/mol. The fourth-order valence-corrected chi connectivity index (χ4v) is 3.86. The molecule has 1 unspecified atom stereocenters. The van der Waals surface area contributed by atoms with E-state index in [0.717, 1.165) is 46.6 Å². The number of hydrogen-bond donors (Lipinski definition) is 1. The molecule has 0 radical (unpaired) electrons. The highest BCUT2D eigenvalue weighted by molar-refractivity contribution is 7.86. The lowest BCUT2D eigenvalue weighted by Gasteiger charge is -2.12. The standard InChI is InChI=1S/C22H25N3O2S/c1-5-12-25-21-13-18(27-4)10-11-19(21)20(14-23)22(25)16-6-8-17(9-7-16)24-28(26)15(2)3/h6-11,13,15,24H,5,12H2,1-4H3. The van der Waals surface area contributed by atoms with Crippen LogP contribution < -0.4 is 9.46 Å². The van der Waals surface area contributed by atoms with Crippen molar-refractivity contribution < 1.29 is 8.95 Å². The molecule has 146 valence electrons. The molecule has 0 bridgehead atoms. The highest BCUT2D eigenvalue weighted by atomic mass is 32.2. The molecule has 6 heteroatoms. The van der Waals surface area contributed by atoms with E-state index in [0.29, 0.717) is 5.56 Å². The summed E-state index contributed by atoms with van der Waals surface area (Å²) >= 11 is 0. The number of fused-ring (bicyclic) bond motifs is 1. The van der Waals surface area contributed by atoms with Gasteiger partial charge in [0.1, 0.15) is 22.8 Å². The summed E-state index contributed by atoms with van der Waals surface area (Å²) in [4.78, 5) is 0. The molecular weight excluding hydrogens is 370 g/mol. The lowest BCUT2D eigenvalue weighted by atomic mass is 10.1. The fourth-order valence-electron chi connectivity index (χ4n) is 3.26. The van der Waals surface area contributed by atoms with E-state index in [4.69, 9.17) is 4.74 Å². The van der Waals surface area contributed by atoms with E-state index in [1.54, 1.807) is 7.11 Å². The second-order valence-corrected chi connectivity index (χ2v) is 8.64. The van der Waals surface area contributed by atoms with Crippen LogP contribution in [0.1, 0.15) is 32.8 Å². The minimum atomic E-state index is -1.12. The molecule has 0 aliphatic carbocycles. The van der Waals surface area contributed by atoms with Gasteiger partial charge < -0.3 is 14.0 Å². The van der Waals surface area contributed by atoms with Crippen LogP contribution >= 0.6 is 0 Å². The average Bonchev–Trinajstić information content (AvgIpc) is 3.01. The summed E-state index contributed by atoms with van der Waals surface area (Å²) in [5, 5.41) is 10.8. The van der Waals surface area contributed by atoms with Gasteiger partial charge in [-0.15, -0.1) is 0 Å². The van der Waals surface area contributed by atoms with Gasteiger partial charge in [0, 0.05) is 28.9 Å². The van der Waals surface area contributed by atoms with Gasteiger partial charge in [-0.25, -0.2) is 4.21 Å². The van der Waals surface area contributed by atoms with Crippen LogP contribution in [0.4, 0.5) is 5.69 Å². The topological polar surface area (TPSA) is 67.0 Å². The smallest absolute Gasteiger partial charge is 0.120 e. The van der Waals surface area contributed by atoms with Gasteiger partial charge in [0.2, 0.25) is 0 Å². The van der Waals surface area contributed by atoms with Crippen LogP contribution in [-0.4, -0.2) is 21.1 Å². The number of anilines is 1. The molecule has 1 heterocycles. The van der Waals surface area contributed by atoms with Gasteiger partial charge in [-0.05, 0) is 50.1 Å². The highest BCUT2D eigenvalue weighted by Gasteiger charge is 2.19. The molecule has 0 saturated carbocycles. The molecule has 28 heavy (non-hydrogen) atoms. The Hall–Kier alpha value is -2.78. The van der Waals surface area contributed by atoms with Crippen LogP contribution in [-0.2, 0) is 17.5 Å². The van der Waals surface area contributed by atoms with Crippen LogP contribution in [0.3, 0.4) is 0 Å². The van der Waals surface area contributed by atoms with Gasteiger partial charge in [0.25, 0.3) is 0 Å². The fraction of sp³-hybridized carbons (Fsp3) is 0.318. The summed E-state index contributed by atoms with van der Waals surface area (Å²) in [5.41, 5.74) is 4.33. The first-order valence-corrected chi connectivity index (χ1v) is 10.6. The molecule has 5 nitrogen and oxygen atoms in total. The van der Waals surface area contributed by atoms with Crippen molar-refractivity contribution >= 4 is 27.6 Å². The molecule has 1 atom stereocenters. The second kappa shape index (κ2) is 8.49. The third-order valence-electron chi connectivity index (χ3n) is 4.64. The zero-order valence-electron chi connectivity index (χ0n) is 16.7. The van der Waals surface area contributed by atoms with Gasteiger partial charge in [0.05, 0.1) is 23.9 Å². The van der Waals surface area contributed by atoms with Crippen molar-refractivity contribution in [2.24, 2.45) is 0 Å². The van der Waals surface area contributed by atoms with E-state index < -0.39 is 11.0 Å². The number of hydrogen-bond acceptors (Lipinski definition) is 3. The zero-order valence-corrected chi connectivity index (χ0v) is 17.5. The molecular formula is C22H25N3O2S. The Morgan fingerprint density at radius 2 is 1.93 bits per heavy atom. The van der Waals surface area contributed by atoms with Gasteiger partial charge >= 0.3 is 0 Å². The first kappa shape index (κ1) is 20.0. The normalized spacial score (nSPS) is 12.1. The predicted octanol–water partition coefficient (Wildman–Crippen LogP) is 5.08. The Labute approximate surface area is 168 Å². The Kier molecular flexibility index (Phi) is 6.05. The lowest BCUT2D eigenvalue weighted by molar-refractivity contribution is 0.415. The number of rotatable bonds is 7. The van der Waals surface area contributed by atoms with Crippen molar-refractivity contribution in [1.29, 1.82) is 5.26 Å². The number of aryl methyl sites for hydroxylation is 1. The van der Waals surface area contributed by atoms with Crippen LogP contribution in [0.15, 0.2) is 42.5 Å². The van der Waals surface area contributed by atoms with E-state index in [1.165, 1.54) is 0 Å². The monoisotopic (exact) mass is 395 g/mol. The van der Waals surface area contributed by atoms with Crippen LogP contribution in [0.25, 0.3) is 22.2 Å². The lowest BCUT2D eigenvalue weighted by Crippen LogP contribution is -2.14. The number of nitriles is 1. The SMILES string of the molecule is CCCn1c(-c2ccc(NS(=O)C(C)C)cc2)c(C#N)c2ccc(OC)cc21. The van der Waals surface area contributed by atoms with Crippen LogP contribution in [0.5, 0.6) is 5.75 Å². The molecule has 3 rings (SSSR count). The van der Waals surface area contributed by atoms with Crippen LogP contribution in [0, 0.1) is 11.3 Å². The molecule has 0 spiro atoms. The van der Waals surface area contributed by atoms with Gasteiger partial charge in [-0.2, -0.15) is 5.26 Å². The molecule has 0 aliphatic rings. The van der Waals surface area contributed by atoms with Gasteiger partial charge in [-0.3, -0.25) is 0 Å². The summed E-state index contributed by atoms with van der Waals surface area (Å²) in [6.45, 7) is 6.75. The highest BCUT2D eigenvalue weighted by Crippen LogP contribution is 2.36. The maximum atomic E-state index is 12.0. The van der Waals surface area contributed by atoms with E-state index in [2.05, 4.69) is 22.3 Å². The van der Waals surface area contributed by atoms with Crippen molar-refractivity contribution in [3.8, 4) is 23.1 Å². The summed E-state index contributed by atoms with van der Waals surface area (Å²) in [5.74, 6) is 0.772. The van der Waals surface area contributed by atoms with E-state index in [1.807, 2.05) is 56.3 Å². The number of benzene rings is 2. The summed E-state index contributed by atoms with van der Waals surface area (Å²) < 4.78 is 22.6. The molecule has 3 aromatic rings. The Bertz CT molecular complexity index is 1050. The van der Waals surface area contributed by atoms with E-state index in [9.17, 15) is 9.47 Å². The Balaban J connectivity index is 2.12. The van der Waals surface area contributed by atoms with E-state index in [-0.39, 0.29) is 5.25 Å². The van der Waals surface area contributed by atoms with Gasteiger partial charge in [0.15, 0.2) is 0 Å². The first-order valence-electron chi connectivity index (χ1n) is 9.38. The van der Waals surface area contributed by atoms with Crippen LogP contribution in [0.2, 0.25) is 0 Å². The quantitative estimate of drug-likeness (QED) is 0.606. The maximum absolute atomic E-state index is 12.0. The maximum Gasteiger partial charge on any atom is 0.120 e. The molecule has 0 saturated heterocycles. The molecule has 2 aromatic carbocycles. The predicted molar refractivity (Wildman–Crippen MR) is 116 cm³/mol. The summed E-state index contributed by atoms with van der Waals surface area (Å²) in [7, 11) is 0.521. The third-order valence-corrected chi connectivity index (χ3v) is 5.93. The van der Waals surface area contributed by atoms with Crippen molar-refractivity contribution in [1.82, 2.24) is 4.57 Å². The minimum Gasteiger partial charge on any atom is -0.497 e. The number of methoxy groups -OCH3 is 1. The molecule has 0 fully saturated rings. The Morgan fingerprint density at radius 1 is 1.21 bits per heavy atom. The first-order chi connectivity index (χ1) is 13.5. The van der Waals surface area contributed by atoms with Crippen molar-refractivity contribution in [3.63, 3.8) is 0 Å². The summed E-state index contributed by atoms with van der Waals surface area (Å²) in [6, 6.07) is 16.0. The number of ether oxygens (including phenoxy) is 1. The number of nitrogens with zero attached hydrogens (tertiary/aromatic N) is 2. The van der Waals surface area contributed by atoms with Gasteiger partial charge in [-0.1, -0.05) is 19.1 Å². The minimum absolute atomic E-state index is 0.0342. The molecule has 0 aliphatic heterocycles. The third kappa shape index (κ3) is 3.76. The van der Waals surface area contributed by atoms with Crippen molar-refractivity contribution in [2.75, 3.05) is 11.8 Å².